The van der Waals surface area contributed by atoms with Gasteiger partial charge < -0.3 is 10.1 Å². The minimum Gasteiger partial charge on any atom is -0.492 e. The fourth-order valence-electron chi connectivity index (χ4n) is 2.96. The second-order valence-corrected chi connectivity index (χ2v) is 6.30. The average molecular weight is 275 g/mol. The summed E-state index contributed by atoms with van der Waals surface area (Å²) in [4.78, 5) is 12.4. The molecule has 1 N–H and O–H groups in total. The molecular weight excluding hydrogens is 250 g/mol. The summed E-state index contributed by atoms with van der Waals surface area (Å²) in [6, 6.07) is 7.80. The van der Waals surface area contributed by atoms with Crippen molar-refractivity contribution in [2.24, 2.45) is 17.8 Å². The Balaban J connectivity index is 1.97. The van der Waals surface area contributed by atoms with E-state index in [9.17, 15) is 4.79 Å². The van der Waals surface area contributed by atoms with Gasteiger partial charge in [-0.15, -0.1) is 0 Å². The van der Waals surface area contributed by atoms with Crippen LogP contribution in [0.15, 0.2) is 24.3 Å². The summed E-state index contributed by atoms with van der Waals surface area (Å²) in [5.74, 6) is 2.42. The Morgan fingerprint density at radius 2 is 1.90 bits per heavy atom. The van der Waals surface area contributed by atoms with Crippen molar-refractivity contribution in [3.05, 3.63) is 29.8 Å². The Labute approximate surface area is 121 Å². The molecule has 1 aliphatic rings. The molecule has 0 aliphatic carbocycles. The van der Waals surface area contributed by atoms with Crippen molar-refractivity contribution in [3.63, 3.8) is 0 Å². The van der Waals surface area contributed by atoms with Gasteiger partial charge in [0.2, 0.25) is 5.91 Å². The van der Waals surface area contributed by atoms with Crippen LogP contribution < -0.4 is 10.1 Å². The van der Waals surface area contributed by atoms with Crippen molar-refractivity contribution < 1.29 is 9.53 Å². The van der Waals surface area contributed by atoms with E-state index in [1.165, 1.54) is 0 Å². The van der Waals surface area contributed by atoms with Crippen LogP contribution in [0.3, 0.4) is 0 Å². The zero-order valence-electron chi connectivity index (χ0n) is 12.8. The van der Waals surface area contributed by atoms with E-state index in [0.29, 0.717) is 24.4 Å². The third kappa shape index (κ3) is 3.14. The number of amides is 1. The van der Waals surface area contributed by atoms with Crippen LogP contribution in [0.25, 0.3) is 0 Å². The van der Waals surface area contributed by atoms with Gasteiger partial charge in [0.1, 0.15) is 18.3 Å². The summed E-state index contributed by atoms with van der Waals surface area (Å²) in [5.41, 5.74) is 1.01. The number of para-hydroxylation sites is 1. The summed E-state index contributed by atoms with van der Waals surface area (Å²) in [6.07, 6.45) is 0. The molecule has 0 spiro atoms. The standard InChI is InChI=1S/C17H25NO2/c1-11(2)14(12(3)4)9-18-17(19)15-10-20-16-8-6-5-7-13(15)16/h5-8,11-12,14-15H,9-10H2,1-4H3,(H,18,19). The zero-order valence-corrected chi connectivity index (χ0v) is 12.8. The lowest BCUT2D eigenvalue weighted by atomic mass is 9.85. The van der Waals surface area contributed by atoms with Gasteiger partial charge in [-0.25, -0.2) is 0 Å². The van der Waals surface area contributed by atoms with E-state index in [-0.39, 0.29) is 11.8 Å². The van der Waals surface area contributed by atoms with E-state index in [1.807, 2.05) is 24.3 Å². The number of benzene rings is 1. The monoisotopic (exact) mass is 275 g/mol. The minimum atomic E-state index is -0.161. The Morgan fingerprint density at radius 1 is 1.25 bits per heavy atom. The maximum absolute atomic E-state index is 12.4. The molecule has 0 saturated carbocycles. The molecule has 1 aromatic rings. The van der Waals surface area contributed by atoms with E-state index in [4.69, 9.17) is 4.74 Å². The Kier molecular flexibility index (Phi) is 4.69. The third-order valence-corrected chi connectivity index (χ3v) is 4.24. The second-order valence-electron chi connectivity index (χ2n) is 6.30. The van der Waals surface area contributed by atoms with Gasteiger partial charge in [0.15, 0.2) is 0 Å². The first-order valence-electron chi connectivity index (χ1n) is 7.50. The fraction of sp³-hybridized carbons (Fsp3) is 0.588. The highest BCUT2D eigenvalue weighted by Gasteiger charge is 2.30. The first-order chi connectivity index (χ1) is 9.50. The maximum Gasteiger partial charge on any atom is 0.231 e. The molecule has 3 heteroatoms. The Hall–Kier alpha value is -1.51. The first kappa shape index (κ1) is 14.9. The lowest BCUT2D eigenvalue weighted by molar-refractivity contribution is -0.123. The number of hydrogen-bond acceptors (Lipinski definition) is 2. The molecule has 1 atom stereocenters. The average Bonchev–Trinajstić information content (AvgIpc) is 2.81. The van der Waals surface area contributed by atoms with Crippen molar-refractivity contribution in [1.82, 2.24) is 5.32 Å². The lowest BCUT2D eigenvalue weighted by Crippen LogP contribution is -2.37. The van der Waals surface area contributed by atoms with Gasteiger partial charge in [-0.3, -0.25) is 4.79 Å². The van der Waals surface area contributed by atoms with E-state index in [2.05, 4.69) is 33.0 Å². The van der Waals surface area contributed by atoms with Crippen LogP contribution >= 0.6 is 0 Å². The van der Waals surface area contributed by atoms with Gasteiger partial charge in [-0.2, -0.15) is 0 Å². The number of fused-ring (bicyclic) bond motifs is 1. The molecule has 2 rings (SSSR count). The number of hydrogen-bond donors (Lipinski definition) is 1. The SMILES string of the molecule is CC(C)C(CNC(=O)C1COc2ccccc21)C(C)C. The molecule has 0 saturated heterocycles. The molecule has 1 heterocycles. The van der Waals surface area contributed by atoms with Gasteiger partial charge in [-0.1, -0.05) is 45.9 Å². The van der Waals surface area contributed by atoms with E-state index < -0.39 is 0 Å². The summed E-state index contributed by atoms with van der Waals surface area (Å²) in [5, 5.41) is 3.11. The van der Waals surface area contributed by atoms with Crippen molar-refractivity contribution in [3.8, 4) is 5.75 Å². The third-order valence-electron chi connectivity index (χ3n) is 4.24. The fourth-order valence-corrected chi connectivity index (χ4v) is 2.96. The van der Waals surface area contributed by atoms with Gasteiger partial charge in [0.25, 0.3) is 0 Å². The molecule has 1 unspecified atom stereocenters. The molecule has 0 bridgehead atoms. The van der Waals surface area contributed by atoms with Gasteiger partial charge >= 0.3 is 0 Å². The summed E-state index contributed by atoms with van der Waals surface area (Å²) < 4.78 is 5.57. The number of carbonyl (C=O) groups excluding carboxylic acids is 1. The number of nitrogens with one attached hydrogen (secondary N) is 1. The van der Waals surface area contributed by atoms with Crippen molar-refractivity contribution in [2.45, 2.75) is 33.6 Å². The Morgan fingerprint density at radius 3 is 2.55 bits per heavy atom. The van der Waals surface area contributed by atoms with Crippen molar-refractivity contribution in [2.75, 3.05) is 13.2 Å². The molecular formula is C17H25NO2. The lowest BCUT2D eigenvalue weighted by Gasteiger charge is -2.25. The highest BCUT2D eigenvalue weighted by atomic mass is 16.5. The van der Waals surface area contributed by atoms with E-state index >= 15 is 0 Å². The molecule has 1 amide bonds. The quantitative estimate of drug-likeness (QED) is 0.896. The Bertz CT molecular complexity index is 460. The largest absolute Gasteiger partial charge is 0.492 e. The molecule has 0 fully saturated rings. The predicted octanol–water partition coefficient (Wildman–Crippen LogP) is 3.21. The van der Waals surface area contributed by atoms with Crippen LogP contribution in [-0.2, 0) is 4.79 Å². The number of rotatable bonds is 5. The van der Waals surface area contributed by atoms with Crippen molar-refractivity contribution in [1.29, 1.82) is 0 Å². The molecule has 0 aromatic heterocycles. The molecule has 1 aromatic carbocycles. The number of carbonyl (C=O) groups is 1. The molecule has 20 heavy (non-hydrogen) atoms. The number of ether oxygens (including phenoxy) is 1. The van der Waals surface area contributed by atoms with E-state index in [0.717, 1.165) is 17.9 Å². The van der Waals surface area contributed by atoms with Crippen LogP contribution in [-0.4, -0.2) is 19.1 Å². The molecule has 3 nitrogen and oxygen atoms in total. The highest BCUT2D eigenvalue weighted by Crippen LogP contribution is 2.33. The summed E-state index contributed by atoms with van der Waals surface area (Å²) in [7, 11) is 0. The predicted molar refractivity (Wildman–Crippen MR) is 80.9 cm³/mol. The first-order valence-corrected chi connectivity index (χ1v) is 7.50. The molecule has 0 radical (unpaired) electrons. The van der Waals surface area contributed by atoms with Crippen LogP contribution in [0.5, 0.6) is 5.75 Å². The van der Waals surface area contributed by atoms with Gasteiger partial charge in [0, 0.05) is 12.1 Å². The van der Waals surface area contributed by atoms with Crippen molar-refractivity contribution >= 4 is 5.91 Å². The van der Waals surface area contributed by atoms with E-state index in [1.54, 1.807) is 0 Å². The van der Waals surface area contributed by atoms with Crippen LogP contribution in [0.2, 0.25) is 0 Å². The zero-order chi connectivity index (χ0) is 14.7. The highest BCUT2D eigenvalue weighted by molar-refractivity contribution is 5.85. The summed E-state index contributed by atoms with van der Waals surface area (Å²) in [6.45, 7) is 10.1. The molecule has 110 valence electrons. The molecule has 1 aliphatic heterocycles. The summed E-state index contributed by atoms with van der Waals surface area (Å²) >= 11 is 0. The topological polar surface area (TPSA) is 38.3 Å². The minimum absolute atomic E-state index is 0.0845. The smallest absolute Gasteiger partial charge is 0.231 e. The van der Waals surface area contributed by atoms with Crippen LogP contribution in [0, 0.1) is 17.8 Å². The van der Waals surface area contributed by atoms with Crippen LogP contribution in [0.4, 0.5) is 0 Å². The van der Waals surface area contributed by atoms with Gasteiger partial charge in [-0.05, 0) is 23.8 Å². The van der Waals surface area contributed by atoms with Crippen LogP contribution in [0.1, 0.15) is 39.2 Å². The van der Waals surface area contributed by atoms with Gasteiger partial charge in [0.05, 0.1) is 0 Å². The normalized spacial score (nSPS) is 17.4. The maximum atomic E-state index is 12.4. The second kappa shape index (κ2) is 6.29.